The van der Waals surface area contributed by atoms with Crippen LogP contribution in [0.25, 0.3) is 0 Å². The highest BCUT2D eigenvalue weighted by atomic mass is 32.1. The Hall–Kier alpha value is -2.09. The molecular formula is C20H22FN2O3S+. The molecule has 4 rings (SSSR count). The summed E-state index contributed by atoms with van der Waals surface area (Å²) in [5.41, 5.74) is 1.88. The van der Waals surface area contributed by atoms with Crippen LogP contribution in [0.5, 0.6) is 0 Å². The number of benzene rings is 1. The lowest BCUT2D eigenvalue weighted by Gasteiger charge is -2.23. The number of carbonyl (C=O) groups is 2. The van der Waals surface area contributed by atoms with E-state index in [1.165, 1.54) is 34.4 Å². The first-order chi connectivity index (χ1) is 13.1. The summed E-state index contributed by atoms with van der Waals surface area (Å²) in [4.78, 5) is 28.0. The number of ketones is 1. The van der Waals surface area contributed by atoms with E-state index in [1.807, 2.05) is 0 Å². The van der Waals surface area contributed by atoms with Crippen LogP contribution >= 0.6 is 11.3 Å². The lowest BCUT2D eigenvalue weighted by atomic mass is 10.00. The van der Waals surface area contributed by atoms with Crippen molar-refractivity contribution in [1.82, 2.24) is 0 Å². The fourth-order valence-electron chi connectivity index (χ4n) is 3.74. The van der Waals surface area contributed by atoms with Gasteiger partial charge < -0.3 is 15.0 Å². The van der Waals surface area contributed by atoms with Crippen LogP contribution < -0.4 is 10.2 Å². The number of rotatable bonds is 5. The van der Waals surface area contributed by atoms with Gasteiger partial charge in [-0.1, -0.05) is 12.1 Å². The average Bonchev–Trinajstić information content (AvgIpc) is 3.22. The molecular weight excluding hydrogens is 367 g/mol. The molecule has 0 atom stereocenters. The smallest absolute Gasteiger partial charge is 0.280 e. The van der Waals surface area contributed by atoms with Gasteiger partial charge >= 0.3 is 0 Å². The maximum absolute atomic E-state index is 13.6. The van der Waals surface area contributed by atoms with Crippen molar-refractivity contribution in [1.29, 1.82) is 0 Å². The Labute approximate surface area is 161 Å². The van der Waals surface area contributed by atoms with Gasteiger partial charge in [-0.05, 0) is 37.0 Å². The zero-order valence-electron chi connectivity index (χ0n) is 15.0. The summed E-state index contributed by atoms with van der Waals surface area (Å²) in [6.45, 7) is 3.31. The van der Waals surface area contributed by atoms with E-state index in [2.05, 4.69) is 5.32 Å². The third kappa shape index (κ3) is 3.95. The highest BCUT2D eigenvalue weighted by Crippen LogP contribution is 2.40. The van der Waals surface area contributed by atoms with Gasteiger partial charge in [0.15, 0.2) is 12.3 Å². The number of hydrogen-bond acceptors (Lipinski definition) is 4. The number of ether oxygens (including phenoxy) is 1. The fraction of sp³-hybridized carbons (Fsp3) is 0.400. The summed E-state index contributed by atoms with van der Waals surface area (Å²) in [6, 6.07) is 5.73. The van der Waals surface area contributed by atoms with E-state index >= 15 is 0 Å². The lowest BCUT2D eigenvalue weighted by Crippen LogP contribution is -3.15. The Bertz CT molecular complexity index is 874. The maximum Gasteiger partial charge on any atom is 0.280 e. The van der Waals surface area contributed by atoms with Gasteiger partial charge in [-0.3, -0.25) is 9.59 Å². The molecule has 0 bridgehead atoms. The lowest BCUT2D eigenvalue weighted by molar-refractivity contribution is -0.899. The quantitative estimate of drug-likeness (QED) is 0.762. The molecule has 2 N–H and O–H groups in total. The first-order valence-electron chi connectivity index (χ1n) is 9.28. The largest absolute Gasteiger partial charge is 0.370 e. The van der Waals surface area contributed by atoms with Crippen molar-refractivity contribution in [2.24, 2.45) is 0 Å². The highest BCUT2D eigenvalue weighted by Gasteiger charge is 2.29. The molecule has 1 aliphatic carbocycles. The first-order valence-corrected chi connectivity index (χ1v) is 10.1. The minimum atomic E-state index is -0.436. The van der Waals surface area contributed by atoms with Crippen molar-refractivity contribution in [2.75, 3.05) is 38.2 Å². The molecule has 0 spiro atoms. The van der Waals surface area contributed by atoms with E-state index in [4.69, 9.17) is 4.74 Å². The van der Waals surface area contributed by atoms with Crippen LogP contribution in [-0.2, 0) is 22.4 Å². The van der Waals surface area contributed by atoms with Crippen LogP contribution in [0.1, 0.15) is 32.8 Å². The number of aryl methyl sites for hydroxylation is 1. The van der Waals surface area contributed by atoms with Crippen LogP contribution in [0.15, 0.2) is 24.3 Å². The van der Waals surface area contributed by atoms with Gasteiger partial charge in [-0.25, -0.2) is 4.39 Å². The number of fused-ring (bicyclic) bond motifs is 1. The Kier molecular flexibility index (Phi) is 5.33. The molecule has 2 heterocycles. The number of nitrogens with one attached hydrogen (secondary N) is 2. The second kappa shape index (κ2) is 7.88. The summed E-state index contributed by atoms with van der Waals surface area (Å²) in [5.74, 6) is -0.753. The fourth-order valence-corrected chi connectivity index (χ4v) is 5.04. The molecule has 1 aliphatic heterocycles. The van der Waals surface area contributed by atoms with Crippen molar-refractivity contribution in [3.63, 3.8) is 0 Å². The number of anilines is 1. The van der Waals surface area contributed by atoms with Crippen molar-refractivity contribution < 1.29 is 23.6 Å². The molecule has 0 unspecified atom stereocenters. The molecule has 1 aromatic carbocycles. The van der Waals surface area contributed by atoms with E-state index in [-0.39, 0.29) is 11.7 Å². The minimum absolute atomic E-state index is 0.0971. The van der Waals surface area contributed by atoms with Gasteiger partial charge in [0.1, 0.15) is 23.9 Å². The van der Waals surface area contributed by atoms with Gasteiger partial charge in [-0.15, -0.1) is 11.3 Å². The van der Waals surface area contributed by atoms with Gasteiger partial charge in [0.25, 0.3) is 5.91 Å². The van der Waals surface area contributed by atoms with E-state index in [0.29, 0.717) is 35.9 Å². The highest BCUT2D eigenvalue weighted by molar-refractivity contribution is 7.17. The zero-order chi connectivity index (χ0) is 18.8. The number of morpholine rings is 1. The van der Waals surface area contributed by atoms with Crippen LogP contribution in [0.3, 0.4) is 0 Å². The number of thiophene rings is 1. The molecule has 2 aromatic rings. The Morgan fingerprint density at radius 3 is 2.81 bits per heavy atom. The second-order valence-electron chi connectivity index (χ2n) is 6.99. The SMILES string of the molecule is O=C(C[NH+]1CCOCC1)Nc1sc2c(c1C(=O)c1cccc(F)c1)CCC2. The van der Waals surface area contributed by atoms with E-state index in [9.17, 15) is 14.0 Å². The van der Waals surface area contributed by atoms with E-state index in [1.54, 1.807) is 6.07 Å². The molecule has 7 heteroatoms. The van der Waals surface area contributed by atoms with Crippen LogP contribution in [-0.4, -0.2) is 44.5 Å². The predicted octanol–water partition coefficient (Wildman–Crippen LogP) is 1.46. The van der Waals surface area contributed by atoms with Crippen LogP contribution in [0, 0.1) is 5.82 Å². The Morgan fingerprint density at radius 1 is 1.22 bits per heavy atom. The molecule has 27 heavy (non-hydrogen) atoms. The van der Waals surface area contributed by atoms with Crippen molar-refractivity contribution in [2.45, 2.75) is 19.3 Å². The van der Waals surface area contributed by atoms with Gasteiger partial charge in [-0.2, -0.15) is 0 Å². The summed E-state index contributed by atoms with van der Waals surface area (Å²) < 4.78 is 18.9. The summed E-state index contributed by atoms with van der Waals surface area (Å²) in [6.07, 6.45) is 2.76. The molecule has 0 radical (unpaired) electrons. The third-order valence-electron chi connectivity index (χ3n) is 5.10. The Balaban J connectivity index is 1.58. The molecule has 0 saturated carbocycles. The van der Waals surface area contributed by atoms with Gasteiger partial charge in [0, 0.05) is 10.4 Å². The number of amides is 1. The Morgan fingerprint density at radius 2 is 2.04 bits per heavy atom. The van der Waals surface area contributed by atoms with Crippen LogP contribution in [0.2, 0.25) is 0 Å². The molecule has 1 amide bonds. The molecule has 5 nitrogen and oxygen atoms in total. The van der Waals surface area contributed by atoms with Crippen molar-refractivity contribution >= 4 is 28.0 Å². The van der Waals surface area contributed by atoms with E-state index < -0.39 is 5.82 Å². The summed E-state index contributed by atoms with van der Waals surface area (Å²) >= 11 is 1.49. The normalized spacial score (nSPS) is 16.9. The molecule has 1 fully saturated rings. The standard InChI is InChI=1S/C20H21FN2O3S/c21-14-4-1-3-13(11-14)19(25)18-15-5-2-6-16(15)27-20(18)22-17(24)12-23-7-9-26-10-8-23/h1,3-4,11H,2,5-10,12H2,(H,22,24)/p+1. The molecule has 1 saturated heterocycles. The number of carbonyl (C=O) groups excluding carboxylic acids is 2. The average molecular weight is 389 g/mol. The zero-order valence-corrected chi connectivity index (χ0v) is 15.8. The molecule has 1 aromatic heterocycles. The third-order valence-corrected chi connectivity index (χ3v) is 6.31. The summed E-state index contributed by atoms with van der Waals surface area (Å²) in [5, 5.41) is 3.56. The van der Waals surface area contributed by atoms with Crippen molar-refractivity contribution in [3.8, 4) is 0 Å². The summed E-state index contributed by atoms with van der Waals surface area (Å²) in [7, 11) is 0. The maximum atomic E-state index is 13.6. The molecule has 142 valence electrons. The topological polar surface area (TPSA) is 59.8 Å². The van der Waals surface area contributed by atoms with Crippen molar-refractivity contribution in [3.05, 3.63) is 51.7 Å². The van der Waals surface area contributed by atoms with Gasteiger partial charge in [0.05, 0.1) is 18.8 Å². The number of halogens is 1. The van der Waals surface area contributed by atoms with E-state index in [0.717, 1.165) is 42.8 Å². The first kappa shape index (κ1) is 18.3. The van der Waals surface area contributed by atoms with Crippen LogP contribution in [0.4, 0.5) is 9.39 Å². The minimum Gasteiger partial charge on any atom is -0.370 e. The van der Waals surface area contributed by atoms with Gasteiger partial charge in [0.2, 0.25) is 0 Å². The number of hydrogen-bond donors (Lipinski definition) is 2. The molecule has 2 aliphatic rings. The second-order valence-corrected chi connectivity index (χ2v) is 8.09. The predicted molar refractivity (Wildman–Crippen MR) is 101 cm³/mol. The monoisotopic (exact) mass is 389 g/mol. The number of quaternary nitrogens is 1.